The number of rotatable bonds is 0. The van der Waals surface area contributed by atoms with Gasteiger partial charge < -0.3 is 0 Å². The normalized spacial score (nSPS) is 13.7. The summed E-state index contributed by atoms with van der Waals surface area (Å²) >= 11 is 0. The Morgan fingerprint density at radius 3 is 1.19 bits per heavy atom. The van der Waals surface area contributed by atoms with Gasteiger partial charge >= 0.3 is 12.4 Å². The number of nitriles is 2. The molecule has 0 saturated carbocycles. The summed E-state index contributed by atoms with van der Waals surface area (Å²) in [5.41, 5.74) is -0.0871. The van der Waals surface area contributed by atoms with Gasteiger partial charge in [0.15, 0.2) is 0 Å². The monoisotopic (exact) mass is 570 g/mol. The Balaban J connectivity index is 1.56. The number of nitrogens with zero attached hydrogens (tertiary/aromatic N) is 8. The zero-order valence-corrected chi connectivity index (χ0v) is 20.5. The predicted molar refractivity (Wildman–Crippen MR) is 137 cm³/mol. The number of fused-ring (bicyclic) bond motifs is 8. The Kier molecular flexibility index (Phi) is 5.03. The molecule has 2 heterocycles. The molecule has 0 unspecified atom stereocenters. The van der Waals surface area contributed by atoms with E-state index in [2.05, 4.69) is 29.9 Å². The second-order valence-electron chi connectivity index (χ2n) is 9.31. The summed E-state index contributed by atoms with van der Waals surface area (Å²) in [5, 5.41) is 19.1. The van der Waals surface area contributed by atoms with E-state index in [9.17, 15) is 36.9 Å². The van der Waals surface area contributed by atoms with Crippen LogP contribution in [0.2, 0.25) is 0 Å². The van der Waals surface area contributed by atoms with Gasteiger partial charge in [-0.25, -0.2) is 19.9 Å². The summed E-state index contributed by atoms with van der Waals surface area (Å²) < 4.78 is 80.4. The molecule has 0 aliphatic rings. The molecule has 2 aromatic heterocycles. The van der Waals surface area contributed by atoms with Crippen molar-refractivity contribution in [2.24, 2.45) is 9.98 Å². The van der Waals surface area contributed by atoms with Crippen LogP contribution >= 0.6 is 0 Å². The van der Waals surface area contributed by atoms with E-state index >= 15 is 0 Å². The Hall–Kier alpha value is -5.76. The highest BCUT2D eigenvalue weighted by atomic mass is 19.4. The van der Waals surface area contributed by atoms with Gasteiger partial charge in [0.2, 0.25) is 12.4 Å². The van der Waals surface area contributed by atoms with Gasteiger partial charge in [-0.05, 0) is 36.4 Å². The standard InChI is InChI=1S/C28H8F6N8/c29-27(30,31)11-1-3-13-15(5-11)21(37-9-35)25-23(13)39-17-7-20-18(8-19(17)41-25)40-24-14-4-2-12(28(32,33)34)6-16(14)22(38-10-36)26(24)42-20/h1-8H. The molecule has 7 rings (SSSR count). The van der Waals surface area contributed by atoms with Crippen LogP contribution < -0.4 is 10.7 Å². The van der Waals surface area contributed by atoms with E-state index in [0.29, 0.717) is 10.8 Å². The number of hydrogen-bond acceptors (Lipinski definition) is 8. The SMILES string of the molecule is N#CN=c1c2cc(C(F)(F)F)ccc2c2nc3cc4nc5c(=NC#N)c6cc(C(F)(F)F)ccc6c5nc4cc3nc12. The Labute approximate surface area is 227 Å². The van der Waals surface area contributed by atoms with Crippen molar-refractivity contribution in [1.29, 1.82) is 10.5 Å². The number of aromatic nitrogens is 4. The third-order valence-corrected chi connectivity index (χ3v) is 6.94. The van der Waals surface area contributed by atoms with Crippen LogP contribution in [0, 0.1) is 22.9 Å². The highest BCUT2D eigenvalue weighted by molar-refractivity contribution is 6.12. The predicted octanol–water partition coefficient (Wildman–Crippen LogP) is 5.86. The van der Waals surface area contributed by atoms with Gasteiger partial charge in [0, 0.05) is 21.5 Å². The third kappa shape index (κ3) is 3.62. The van der Waals surface area contributed by atoms with Gasteiger partial charge in [-0.15, -0.1) is 0 Å². The van der Waals surface area contributed by atoms with Crippen molar-refractivity contribution in [3.8, 4) is 12.4 Å². The molecular formula is C28H8F6N8. The number of halogens is 6. The van der Waals surface area contributed by atoms with Gasteiger partial charge in [0.05, 0.1) is 44.2 Å². The average molecular weight is 570 g/mol. The minimum Gasteiger partial charge on any atom is -0.244 e. The molecule has 5 aromatic carbocycles. The van der Waals surface area contributed by atoms with Crippen LogP contribution in [0.3, 0.4) is 0 Å². The summed E-state index contributed by atoms with van der Waals surface area (Å²) in [6.45, 7) is 0. The van der Waals surface area contributed by atoms with E-state index < -0.39 is 23.5 Å². The molecule has 0 spiro atoms. The fourth-order valence-corrected chi connectivity index (χ4v) is 5.14. The van der Waals surface area contributed by atoms with Crippen LogP contribution in [-0.4, -0.2) is 19.9 Å². The van der Waals surface area contributed by atoms with Crippen molar-refractivity contribution in [3.63, 3.8) is 0 Å². The molecule has 0 radical (unpaired) electrons. The molecule has 0 N–H and O–H groups in total. The largest absolute Gasteiger partial charge is 0.416 e. The van der Waals surface area contributed by atoms with E-state index in [1.807, 2.05) is 0 Å². The van der Waals surface area contributed by atoms with Crippen molar-refractivity contribution in [2.75, 3.05) is 0 Å². The molecular weight excluding hydrogens is 562 g/mol. The van der Waals surface area contributed by atoms with Crippen LogP contribution in [0.1, 0.15) is 11.1 Å². The first kappa shape index (κ1) is 25.2. The molecule has 42 heavy (non-hydrogen) atoms. The second kappa shape index (κ2) is 8.37. The van der Waals surface area contributed by atoms with Crippen LogP contribution in [0.4, 0.5) is 26.3 Å². The fraction of sp³-hybridized carbons (Fsp3) is 0.0714. The highest BCUT2D eigenvalue weighted by Crippen LogP contribution is 2.35. The average Bonchev–Trinajstić information content (AvgIpc) is 3.40. The van der Waals surface area contributed by atoms with Crippen molar-refractivity contribution in [2.45, 2.75) is 12.4 Å². The minimum absolute atomic E-state index is 0.0589. The van der Waals surface area contributed by atoms with Crippen LogP contribution in [-0.2, 0) is 12.4 Å². The number of hydrogen-bond donors (Lipinski definition) is 0. The summed E-state index contributed by atoms with van der Waals surface area (Å²) in [7, 11) is 0. The molecule has 202 valence electrons. The molecule has 8 nitrogen and oxygen atoms in total. The minimum atomic E-state index is -4.62. The molecule has 0 amide bonds. The van der Waals surface area contributed by atoms with E-state index in [1.54, 1.807) is 12.4 Å². The maximum absolute atomic E-state index is 13.4. The zero-order valence-electron chi connectivity index (χ0n) is 20.5. The quantitative estimate of drug-likeness (QED) is 0.128. The third-order valence-electron chi connectivity index (χ3n) is 6.94. The maximum atomic E-state index is 13.4. The van der Waals surface area contributed by atoms with Crippen molar-refractivity contribution >= 4 is 65.7 Å². The summed E-state index contributed by atoms with van der Waals surface area (Å²) in [5.74, 6) is 0. The Bertz CT molecular complexity index is 2350. The maximum Gasteiger partial charge on any atom is 0.416 e. The number of alkyl halides is 6. The van der Waals surface area contributed by atoms with Crippen molar-refractivity contribution < 1.29 is 26.3 Å². The molecule has 0 aliphatic carbocycles. The lowest BCUT2D eigenvalue weighted by molar-refractivity contribution is -0.138. The first-order valence-electron chi connectivity index (χ1n) is 11.9. The lowest BCUT2D eigenvalue weighted by Crippen LogP contribution is -2.06. The van der Waals surface area contributed by atoms with Gasteiger partial charge in [0.1, 0.15) is 21.7 Å². The van der Waals surface area contributed by atoms with Gasteiger partial charge in [-0.2, -0.15) is 46.9 Å². The van der Waals surface area contributed by atoms with Crippen LogP contribution in [0.25, 0.3) is 65.7 Å². The zero-order chi connectivity index (χ0) is 29.6. The Morgan fingerprint density at radius 2 is 0.857 bits per heavy atom. The van der Waals surface area contributed by atoms with Crippen molar-refractivity contribution in [1.82, 2.24) is 19.9 Å². The van der Waals surface area contributed by atoms with Crippen molar-refractivity contribution in [3.05, 3.63) is 70.4 Å². The van der Waals surface area contributed by atoms with E-state index in [1.165, 1.54) is 24.3 Å². The van der Waals surface area contributed by atoms with Gasteiger partial charge in [-0.3, -0.25) is 0 Å². The molecule has 0 fully saturated rings. The van der Waals surface area contributed by atoms with Gasteiger partial charge in [0.25, 0.3) is 0 Å². The van der Waals surface area contributed by atoms with E-state index in [-0.39, 0.29) is 65.6 Å². The lowest BCUT2D eigenvalue weighted by Gasteiger charge is -2.06. The second-order valence-corrected chi connectivity index (χ2v) is 9.31. The summed E-state index contributed by atoms with van der Waals surface area (Å²) in [6, 6.07) is 9.09. The van der Waals surface area contributed by atoms with Crippen LogP contribution in [0.5, 0.6) is 0 Å². The molecule has 0 saturated heterocycles. The summed E-state index contributed by atoms with van der Waals surface area (Å²) in [6.07, 6.45) is -6.03. The first-order valence-corrected chi connectivity index (χ1v) is 11.9. The number of benzene rings is 3. The van der Waals surface area contributed by atoms with Gasteiger partial charge in [-0.1, -0.05) is 12.1 Å². The lowest BCUT2D eigenvalue weighted by atomic mass is 10.1. The first-order chi connectivity index (χ1) is 20.0. The van der Waals surface area contributed by atoms with Crippen LogP contribution in [0.15, 0.2) is 58.5 Å². The van der Waals surface area contributed by atoms with E-state index in [4.69, 9.17) is 0 Å². The topological polar surface area (TPSA) is 124 Å². The molecule has 0 atom stereocenters. The van der Waals surface area contributed by atoms with E-state index in [0.717, 1.165) is 24.3 Å². The summed E-state index contributed by atoms with van der Waals surface area (Å²) in [4.78, 5) is 25.7. The Morgan fingerprint density at radius 1 is 0.500 bits per heavy atom. The molecule has 0 bridgehead atoms. The molecule has 14 heteroatoms. The molecule has 0 aliphatic heterocycles. The highest BCUT2D eigenvalue weighted by Gasteiger charge is 2.32. The molecule has 7 aromatic rings. The fourth-order valence-electron chi connectivity index (χ4n) is 5.14. The smallest absolute Gasteiger partial charge is 0.244 e.